The molecule has 2 rings (SSSR count). The molecule has 0 aromatic heterocycles. The lowest BCUT2D eigenvalue weighted by Crippen LogP contribution is -2.26. The number of carbonyl (C=O) groups excluding carboxylic acids is 1. The van der Waals surface area contributed by atoms with E-state index in [4.69, 9.17) is 0 Å². The van der Waals surface area contributed by atoms with Crippen molar-refractivity contribution in [1.82, 2.24) is 0 Å². The molecule has 1 fully saturated rings. The number of ketones is 1. The van der Waals surface area contributed by atoms with Gasteiger partial charge in [0.05, 0.1) is 4.08 Å². The van der Waals surface area contributed by atoms with Gasteiger partial charge >= 0.3 is 0 Å². The molecule has 1 heterocycles. The van der Waals surface area contributed by atoms with Crippen molar-refractivity contribution in [1.29, 1.82) is 0 Å². The standard InChI is InChI=1S/C11H16OS2/c1-11(13-6-3-7-14-11)9-4-2-5-10(12)8-9/h8H,2-7H2,1H3. The van der Waals surface area contributed by atoms with Crippen LogP contribution in [0.15, 0.2) is 11.6 Å². The molecule has 0 spiro atoms. The van der Waals surface area contributed by atoms with Crippen LogP contribution in [0.25, 0.3) is 0 Å². The zero-order valence-corrected chi connectivity index (χ0v) is 10.2. The van der Waals surface area contributed by atoms with Gasteiger partial charge in [-0.1, -0.05) is 0 Å². The van der Waals surface area contributed by atoms with E-state index in [0.29, 0.717) is 5.78 Å². The average molecular weight is 228 g/mol. The van der Waals surface area contributed by atoms with Gasteiger partial charge < -0.3 is 0 Å². The lowest BCUT2D eigenvalue weighted by atomic mass is 9.96. The summed E-state index contributed by atoms with van der Waals surface area (Å²) in [6, 6.07) is 0. The maximum atomic E-state index is 11.4. The van der Waals surface area contributed by atoms with E-state index >= 15 is 0 Å². The van der Waals surface area contributed by atoms with Gasteiger partial charge in [-0.05, 0) is 49.3 Å². The summed E-state index contributed by atoms with van der Waals surface area (Å²) in [6.07, 6.45) is 6.17. The van der Waals surface area contributed by atoms with Crippen molar-refractivity contribution in [2.75, 3.05) is 11.5 Å². The van der Waals surface area contributed by atoms with Crippen molar-refractivity contribution >= 4 is 29.3 Å². The second kappa shape index (κ2) is 4.31. The molecule has 0 aromatic rings. The molecule has 0 aromatic carbocycles. The minimum atomic E-state index is 0.203. The van der Waals surface area contributed by atoms with Gasteiger partial charge in [0.2, 0.25) is 0 Å². The summed E-state index contributed by atoms with van der Waals surface area (Å²) in [7, 11) is 0. The second-order valence-electron chi connectivity index (χ2n) is 3.99. The molecule has 78 valence electrons. The van der Waals surface area contributed by atoms with E-state index in [-0.39, 0.29) is 4.08 Å². The lowest BCUT2D eigenvalue weighted by Gasteiger charge is -2.36. The Kier molecular flexibility index (Phi) is 3.27. The monoisotopic (exact) mass is 228 g/mol. The average Bonchev–Trinajstić information content (AvgIpc) is 2.19. The van der Waals surface area contributed by atoms with E-state index in [2.05, 4.69) is 6.92 Å². The van der Waals surface area contributed by atoms with Crippen molar-refractivity contribution < 1.29 is 4.79 Å². The third kappa shape index (κ3) is 2.19. The largest absolute Gasteiger partial charge is 0.295 e. The molecular weight excluding hydrogens is 212 g/mol. The Morgan fingerprint density at radius 1 is 1.21 bits per heavy atom. The molecule has 0 radical (unpaired) electrons. The van der Waals surface area contributed by atoms with Crippen molar-refractivity contribution in [3.8, 4) is 0 Å². The minimum Gasteiger partial charge on any atom is -0.295 e. The van der Waals surface area contributed by atoms with E-state index in [1.165, 1.54) is 23.5 Å². The van der Waals surface area contributed by atoms with Gasteiger partial charge in [0, 0.05) is 6.42 Å². The zero-order chi connectivity index (χ0) is 10.0. The Morgan fingerprint density at radius 2 is 1.93 bits per heavy atom. The Morgan fingerprint density at radius 3 is 2.57 bits per heavy atom. The fourth-order valence-corrected chi connectivity index (χ4v) is 5.03. The highest BCUT2D eigenvalue weighted by atomic mass is 32.2. The Bertz CT molecular complexity index is 264. The van der Waals surface area contributed by atoms with Crippen LogP contribution in [-0.2, 0) is 4.79 Å². The van der Waals surface area contributed by atoms with Crippen LogP contribution in [0.4, 0.5) is 0 Å². The van der Waals surface area contributed by atoms with Gasteiger partial charge in [0.15, 0.2) is 5.78 Å². The van der Waals surface area contributed by atoms with Crippen LogP contribution < -0.4 is 0 Å². The summed E-state index contributed by atoms with van der Waals surface area (Å²) in [5.74, 6) is 2.82. The maximum Gasteiger partial charge on any atom is 0.155 e. The molecular formula is C11H16OS2. The second-order valence-corrected chi connectivity index (χ2v) is 7.27. The first-order valence-electron chi connectivity index (χ1n) is 5.22. The third-order valence-electron chi connectivity index (χ3n) is 2.83. The topological polar surface area (TPSA) is 17.1 Å². The number of carbonyl (C=O) groups is 1. The van der Waals surface area contributed by atoms with Crippen molar-refractivity contribution in [2.45, 2.75) is 36.7 Å². The van der Waals surface area contributed by atoms with Crippen molar-refractivity contribution in [2.24, 2.45) is 0 Å². The number of rotatable bonds is 1. The van der Waals surface area contributed by atoms with Crippen LogP contribution >= 0.6 is 23.5 Å². The van der Waals surface area contributed by atoms with Gasteiger partial charge in [-0.2, -0.15) is 0 Å². The molecule has 1 aliphatic carbocycles. The molecule has 3 heteroatoms. The Balaban J connectivity index is 2.15. The molecule has 1 saturated heterocycles. The quantitative estimate of drug-likeness (QED) is 0.686. The summed E-state index contributed by atoms with van der Waals surface area (Å²) >= 11 is 4.03. The Labute approximate surface area is 94.1 Å². The summed E-state index contributed by atoms with van der Waals surface area (Å²) < 4.78 is 0.203. The van der Waals surface area contributed by atoms with Crippen molar-refractivity contribution in [3.63, 3.8) is 0 Å². The molecule has 0 saturated carbocycles. The van der Waals surface area contributed by atoms with Gasteiger partial charge in [-0.3, -0.25) is 4.79 Å². The fourth-order valence-electron chi connectivity index (χ4n) is 1.97. The van der Waals surface area contributed by atoms with Gasteiger partial charge in [-0.15, -0.1) is 23.5 Å². The first kappa shape index (κ1) is 10.6. The Hall–Kier alpha value is 0.110. The first-order chi connectivity index (χ1) is 6.71. The van der Waals surface area contributed by atoms with Crippen molar-refractivity contribution in [3.05, 3.63) is 11.6 Å². The summed E-state index contributed by atoms with van der Waals surface area (Å²) in [4.78, 5) is 11.4. The normalized spacial score (nSPS) is 27.2. The molecule has 0 amide bonds. The van der Waals surface area contributed by atoms with E-state index in [0.717, 1.165) is 19.3 Å². The number of thioether (sulfide) groups is 2. The highest BCUT2D eigenvalue weighted by molar-refractivity contribution is 8.19. The van der Waals surface area contributed by atoms with Crippen LogP contribution in [0.2, 0.25) is 0 Å². The molecule has 14 heavy (non-hydrogen) atoms. The van der Waals surface area contributed by atoms with E-state index in [1.807, 2.05) is 29.6 Å². The summed E-state index contributed by atoms with van der Waals surface area (Å²) in [6.45, 7) is 2.28. The summed E-state index contributed by atoms with van der Waals surface area (Å²) in [5, 5.41) is 0. The van der Waals surface area contributed by atoms with Gasteiger partial charge in [0.25, 0.3) is 0 Å². The smallest absolute Gasteiger partial charge is 0.155 e. The minimum absolute atomic E-state index is 0.203. The van der Waals surface area contributed by atoms with E-state index < -0.39 is 0 Å². The SMILES string of the molecule is CC1(C2=CC(=O)CCC2)SCCCS1. The molecule has 2 aliphatic rings. The fraction of sp³-hybridized carbons (Fsp3) is 0.727. The van der Waals surface area contributed by atoms with Gasteiger partial charge in [0.1, 0.15) is 0 Å². The van der Waals surface area contributed by atoms with Gasteiger partial charge in [-0.25, -0.2) is 0 Å². The molecule has 0 unspecified atom stereocenters. The molecule has 0 bridgehead atoms. The molecule has 0 atom stereocenters. The van der Waals surface area contributed by atoms with E-state index in [1.54, 1.807) is 0 Å². The van der Waals surface area contributed by atoms with Crippen LogP contribution in [-0.4, -0.2) is 21.4 Å². The predicted octanol–water partition coefficient (Wildman–Crippen LogP) is 3.25. The molecule has 0 N–H and O–H groups in total. The van der Waals surface area contributed by atoms with Crippen LogP contribution in [0, 0.1) is 0 Å². The maximum absolute atomic E-state index is 11.4. The first-order valence-corrected chi connectivity index (χ1v) is 7.20. The third-order valence-corrected chi connectivity index (χ3v) is 6.15. The molecule has 1 aliphatic heterocycles. The number of allylic oxidation sites excluding steroid dienone is 1. The van der Waals surface area contributed by atoms with E-state index in [9.17, 15) is 4.79 Å². The highest BCUT2D eigenvalue weighted by Crippen LogP contribution is 2.49. The number of hydrogen-bond donors (Lipinski definition) is 0. The highest BCUT2D eigenvalue weighted by Gasteiger charge is 2.33. The van der Waals surface area contributed by atoms with Crippen LogP contribution in [0.3, 0.4) is 0 Å². The lowest BCUT2D eigenvalue weighted by molar-refractivity contribution is -0.115. The predicted molar refractivity (Wildman–Crippen MR) is 64.9 cm³/mol. The van der Waals surface area contributed by atoms with Crippen LogP contribution in [0.5, 0.6) is 0 Å². The summed E-state index contributed by atoms with van der Waals surface area (Å²) in [5.41, 5.74) is 1.38. The number of hydrogen-bond acceptors (Lipinski definition) is 3. The molecule has 1 nitrogen and oxygen atoms in total. The zero-order valence-electron chi connectivity index (χ0n) is 8.54. The van der Waals surface area contributed by atoms with Crippen LogP contribution in [0.1, 0.15) is 32.6 Å².